The van der Waals surface area contributed by atoms with E-state index >= 15 is 0 Å². The molecule has 0 aliphatic carbocycles. The van der Waals surface area contributed by atoms with Gasteiger partial charge in [-0.25, -0.2) is 0 Å². The molecule has 0 saturated heterocycles. The number of benzene rings is 2. The normalized spacial score (nSPS) is 10.4. The van der Waals surface area contributed by atoms with Gasteiger partial charge < -0.3 is 9.47 Å². The predicted molar refractivity (Wildman–Crippen MR) is 86.1 cm³/mol. The first-order chi connectivity index (χ1) is 9.65. The molecule has 0 aliphatic rings. The number of rotatable bonds is 5. The van der Waals surface area contributed by atoms with Crippen LogP contribution in [-0.2, 0) is 11.9 Å². The fourth-order valence-electron chi connectivity index (χ4n) is 2.03. The van der Waals surface area contributed by atoms with Crippen molar-refractivity contribution in [2.24, 2.45) is 0 Å². The minimum atomic E-state index is 0.425. The molecule has 0 heterocycles. The molecule has 4 heteroatoms. The molecule has 2 aromatic carbocycles. The molecule has 0 bridgehead atoms. The van der Waals surface area contributed by atoms with Gasteiger partial charge in [0.2, 0.25) is 0 Å². The van der Waals surface area contributed by atoms with Gasteiger partial charge in [-0.3, -0.25) is 0 Å². The van der Waals surface area contributed by atoms with Crippen molar-refractivity contribution in [2.45, 2.75) is 18.9 Å². The van der Waals surface area contributed by atoms with E-state index in [1.807, 2.05) is 43.3 Å². The summed E-state index contributed by atoms with van der Waals surface area (Å²) in [6.45, 7) is 2.46. The van der Waals surface area contributed by atoms with Crippen molar-refractivity contribution < 1.29 is 9.47 Å². The summed E-state index contributed by atoms with van der Waals surface area (Å²) in [4.78, 5) is 0. The summed E-state index contributed by atoms with van der Waals surface area (Å²) in [7, 11) is 1.64. The lowest BCUT2D eigenvalue weighted by Crippen LogP contribution is -2.01. The van der Waals surface area contributed by atoms with Crippen molar-refractivity contribution in [2.75, 3.05) is 7.11 Å². The van der Waals surface area contributed by atoms with E-state index in [0.29, 0.717) is 11.6 Å². The summed E-state index contributed by atoms with van der Waals surface area (Å²) < 4.78 is 11.3. The van der Waals surface area contributed by atoms with Crippen LogP contribution in [0.15, 0.2) is 36.4 Å². The summed E-state index contributed by atoms with van der Waals surface area (Å²) >= 11 is 9.51. The molecule has 0 spiro atoms. The van der Waals surface area contributed by atoms with Crippen LogP contribution in [0.25, 0.3) is 0 Å². The Labute approximate surface area is 132 Å². The summed E-state index contributed by atoms with van der Waals surface area (Å²) in [5, 5.41) is 1.44. The quantitative estimate of drug-likeness (QED) is 0.692. The number of alkyl halides is 1. The number of methoxy groups -OCH3 is 1. The second-order valence-corrected chi connectivity index (χ2v) is 5.44. The van der Waals surface area contributed by atoms with Crippen molar-refractivity contribution in [3.63, 3.8) is 0 Å². The van der Waals surface area contributed by atoms with E-state index in [2.05, 4.69) is 15.9 Å². The molecule has 0 N–H and O–H groups in total. The van der Waals surface area contributed by atoms with Gasteiger partial charge in [0.25, 0.3) is 0 Å². The fraction of sp³-hybridized carbons (Fsp3) is 0.250. The lowest BCUT2D eigenvalue weighted by atomic mass is 10.1. The second kappa shape index (κ2) is 7.00. The highest BCUT2D eigenvalue weighted by Crippen LogP contribution is 2.29. The van der Waals surface area contributed by atoms with Crippen LogP contribution < -0.4 is 9.47 Å². The molecule has 2 rings (SSSR count). The highest BCUT2D eigenvalue weighted by atomic mass is 79.9. The van der Waals surface area contributed by atoms with Gasteiger partial charge in [0.15, 0.2) is 0 Å². The molecule has 0 saturated carbocycles. The highest BCUT2D eigenvalue weighted by molar-refractivity contribution is 9.08. The average Bonchev–Trinajstić information content (AvgIpc) is 2.46. The third-order valence-electron chi connectivity index (χ3n) is 3.05. The van der Waals surface area contributed by atoms with Crippen molar-refractivity contribution >= 4 is 27.5 Å². The zero-order valence-electron chi connectivity index (χ0n) is 11.5. The number of hydrogen-bond acceptors (Lipinski definition) is 2. The summed E-state index contributed by atoms with van der Waals surface area (Å²) in [5.41, 5.74) is 3.18. The topological polar surface area (TPSA) is 18.5 Å². The van der Waals surface area contributed by atoms with E-state index < -0.39 is 0 Å². The third-order valence-corrected chi connectivity index (χ3v) is 3.89. The van der Waals surface area contributed by atoms with Gasteiger partial charge in [-0.15, -0.1) is 0 Å². The van der Waals surface area contributed by atoms with Crippen LogP contribution in [0.5, 0.6) is 11.5 Å². The maximum Gasteiger partial charge on any atom is 0.126 e. The largest absolute Gasteiger partial charge is 0.496 e. The third kappa shape index (κ3) is 3.47. The van der Waals surface area contributed by atoms with Crippen LogP contribution in [0.2, 0.25) is 5.02 Å². The Bertz CT molecular complexity index is 599. The smallest absolute Gasteiger partial charge is 0.126 e. The number of para-hydroxylation sites is 1. The maximum absolute atomic E-state index is 6.03. The molecule has 0 atom stereocenters. The van der Waals surface area contributed by atoms with Gasteiger partial charge in [0, 0.05) is 21.5 Å². The van der Waals surface area contributed by atoms with Gasteiger partial charge in [-0.2, -0.15) is 0 Å². The first-order valence-electron chi connectivity index (χ1n) is 6.25. The van der Waals surface area contributed by atoms with Crippen molar-refractivity contribution in [3.05, 3.63) is 58.1 Å². The Morgan fingerprint density at radius 2 is 1.95 bits per heavy atom. The predicted octanol–water partition coefficient (Wildman–Crippen LogP) is 5.13. The summed E-state index contributed by atoms with van der Waals surface area (Å²) in [6.07, 6.45) is 0. The van der Waals surface area contributed by atoms with Crippen LogP contribution in [0.4, 0.5) is 0 Å². The Morgan fingerprint density at radius 3 is 2.65 bits per heavy atom. The highest BCUT2D eigenvalue weighted by Gasteiger charge is 2.09. The number of aryl methyl sites for hydroxylation is 1. The Kier molecular flexibility index (Phi) is 5.32. The fourth-order valence-corrected chi connectivity index (χ4v) is 2.67. The lowest BCUT2D eigenvalue weighted by molar-refractivity contribution is 0.293. The zero-order valence-corrected chi connectivity index (χ0v) is 13.8. The van der Waals surface area contributed by atoms with E-state index in [-0.39, 0.29) is 0 Å². The van der Waals surface area contributed by atoms with Crippen LogP contribution in [0.1, 0.15) is 16.7 Å². The second-order valence-electron chi connectivity index (χ2n) is 4.44. The molecule has 0 amide bonds. The molecule has 2 nitrogen and oxygen atoms in total. The van der Waals surface area contributed by atoms with Crippen molar-refractivity contribution in [3.8, 4) is 11.5 Å². The number of halogens is 2. The van der Waals surface area contributed by atoms with Crippen LogP contribution in [-0.4, -0.2) is 7.11 Å². The molecule has 0 radical (unpaired) electrons. The first-order valence-corrected chi connectivity index (χ1v) is 7.75. The standard InChI is InChI=1S/C16H16BrClO2/c1-11-4-3-5-12(9-17)16(11)20-10-13-8-14(18)6-7-15(13)19-2/h3-8H,9-10H2,1-2H3. The van der Waals surface area contributed by atoms with Gasteiger partial charge in [0.1, 0.15) is 18.1 Å². The maximum atomic E-state index is 6.03. The van der Waals surface area contributed by atoms with Crippen LogP contribution >= 0.6 is 27.5 Å². The van der Waals surface area contributed by atoms with E-state index in [0.717, 1.165) is 33.5 Å². The molecule has 0 aromatic heterocycles. The van der Waals surface area contributed by atoms with Crippen molar-refractivity contribution in [1.29, 1.82) is 0 Å². The SMILES string of the molecule is COc1ccc(Cl)cc1COc1c(C)cccc1CBr. The summed E-state index contributed by atoms with van der Waals surface area (Å²) in [6, 6.07) is 11.6. The Hall–Kier alpha value is -1.19. The zero-order chi connectivity index (χ0) is 14.5. The molecular weight excluding hydrogens is 340 g/mol. The average molecular weight is 356 g/mol. The number of ether oxygens (including phenoxy) is 2. The van der Waals surface area contributed by atoms with E-state index in [4.69, 9.17) is 21.1 Å². The van der Waals surface area contributed by atoms with Gasteiger partial charge in [-0.05, 0) is 30.7 Å². The van der Waals surface area contributed by atoms with Crippen LogP contribution in [0.3, 0.4) is 0 Å². The van der Waals surface area contributed by atoms with E-state index in [1.165, 1.54) is 0 Å². The van der Waals surface area contributed by atoms with Crippen molar-refractivity contribution in [1.82, 2.24) is 0 Å². The number of hydrogen-bond donors (Lipinski definition) is 0. The minimum Gasteiger partial charge on any atom is -0.496 e. The monoisotopic (exact) mass is 354 g/mol. The molecule has 106 valence electrons. The van der Waals surface area contributed by atoms with E-state index in [1.54, 1.807) is 7.11 Å². The lowest BCUT2D eigenvalue weighted by Gasteiger charge is -2.14. The van der Waals surface area contributed by atoms with Gasteiger partial charge in [-0.1, -0.05) is 45.7 Å². The van der Waals surface area contributed by atoms with Gasteiger partial charge in [0.05, 0.1) is 7.11 Å². The molecule has 0 aliphatic heterocycles. The molecule has 20 heavy (non-hydrogen) atoms. The Balaban J connectivity index is 2.23. The molecular formula is C16H16BrClO2. The molecule has 0 fully saturated rings. The van der Waals surface area contributed by atoms with Crippen LogP contribution in [0, 0.1) is 6.92 Å². The summed E-state index contributed by atoms with van der Waals surface area (Å²) in [5.74, 6) is 1.69. The van der Waals surface area contributed by atoms with E-state index in [9.17, 15) is 0 Å². The van der Waals surface area contributed by atoms with Gasteiger partial charge >= 0.3 is 0 Å². The first kappa shape index (κ1) is 15.2. The Morgan fingerprint density at radius 1 is 1.15 bits per heavy atom. The molecule has 2 aromatic rings. The molecule has 0 unspecified atom stereocenters. The minimum absolute atomic E-state index is 0.425.